The SMILES string of the molecule is CO[C@@H]1O[C@@H](C(=O)[O-])[C@@H](O[C@H]2O[C@H](COS(=O)(=O)[O-])[C@@H](OCC([O-])=NCCN=C([O-])CO[C@H]3[C@H](O)[C@@H](NS(=O)(=O)[O-])[C@@H](O[C@H]4[C@H](O)[C@@H](OS(=O)(=O)O)[C@H](OC)O[C@H]4C(=O)[O-])O[C@@H]3COS(=O)(=O)[O-])[C@H](O)[C@H]2NS(=O)(=O)[O-])[C@H](O)[C@H]1OS(=O)(=O)O.[Na+].[Na+].[Na+].[Na+].[Na+].[Na+].[Na+].[Na+]. The number of nitrogens with one attached hydrogen (secondary N) is 2. The van der Waals surface area contributed by atoms with E-state index in [1.165, 1.54) is 9.44 Å². The third-order valence-electron chi connectivity index (χ3n) is 11.2. The normalized spacial score (nSPS) is 32.3. The molecular formula is C32H46N4Na8O42S6. The molecule has 20 atom stereocenters. The van der Waals surface area contributed by atoms with Gasteiger partial charge in [0, 0.05) is 14.2 Å². The van der Waals surface area contributed by atoms with Crippen molar-refractivity contribution in [3.63, 3.8) is 0 Å². The van der Waals surface area contributed by atoms with Crippen molar-refractivity contribution >= 4 is 85.9 Å². The minimum absolute atomic E-state index is 0. The van der Waals surface area contributed by atoms with Gasteiger partial charge in [0.15, 0.2) is 58.0 Å². The third-order valence-corrected chi connectivity index (χ3v) is 14.1. The fourth-order valence-corrected chi connectivity index (χ4v) is 10.7. The maximum Gasteiger partial charge on any atom is 1.00 e. The summed E-state index contributed by atoms with van der Waals surface area (Å²) in [6, 6.07) is -5.20. The van der Waals surface area contributed by atoms with Gasteiger partial charge in [-0.1, -0.05) is 0 Å². The van der Waals surface area contributed by atoms with Gasteiger partial charge in [-0.15, -0.1) is 0 Å². The molecule has 4 saturated heterocycles. The van der Waals surface area contributed by atoms with E-state index in [0.717, 1.165) is 14.2 Å². The number of methoxy groups -OCH3 is 2. The molecule has 0 saturated carbocycles. The van der Waals surface area contributed by atoms with Crippen LogP contribution in [0.4, 0.5) is 0 Å². The minimum Gasteiger partial charge on any atom is -0.860 e. The number of aliphatic imine (C=N–C) groups is 2. The molecule has 4 aliphatic heterocycles. The molecule has 8 N–H and O–H groups in total. The Kier molecular flexibility index (Phi) is 52.4. The van der Waals surface area contributed by atoms with Crippen molar-refractivity contribution in [1.29, 1.82) is 0 Å². The maximum atomic E-state index is 12.8. The standard InChI is InChI=1S/C32H54N4O42S6.8Na/c1-65-31-23(77-83(59,60)61)17(41)21(25(75-31)27(43)44)73-29-13(35-79(47,48)49)15(39)19(9(71-29)5-69-81(53,54)55)67-7-11(37)33-3-4-34-12(38)8-68-20-10(6-70-82(56,57)58)72-30(14(16(20)40)36-80(50,51)52)74-22-18(42)24(78-84(62,63)64)32(66-2)76-26(22)28(45)46;;;;;;;;/h9-10,13-26,29-32,35-36,39-42H,3-8H2,1-2H3,(H,33,37)(H,34,38)(H,43,44)(H,45,46)(H,47,48,49)(H,50,51,52)(H,53,54,55)(H,56,57,58)(H,59,60,61)(H,62,63,64);;;;;;;;/q;8*+1/p-8/t9-,10-,13-,14-,15-,16-,17+,18+,19-,20-,21+,22+,23-,24-,25-,26-,29-,30-,31-,32-;;;;;;;;/m1......../s1. The molecule has 0 aromatic carbocycles. The summed E-state index contributed by atoms with van der Waals surface area (Å²) in [5.41, 5.74) is 0. The average Bonchev–Trinajstić information content (AvgIpc) is 3.33. The predicted octanol–water partition coefficient (Wildman–Crippen LogP) is -40.6. The molecule has 4 fully saturated rings. The molecule has 0 radical (unpaired) electrons. The first-order valence-corrected chi connectivity index (χ1v) is 30.4. The molecule has 0 spiro atoms. The minimum atomic E-state index is -5.83. The number of aliphatic hydroxyl groups is 4. The fourth-order valence-electron chi connectivity index (χ4n) is 7.92. The van der Waals surface area contributed by atoms with Gasteiger partial charge in [-0.2, -0.15) is 16.8 Å². The van der Waals surface area contributed by atoms with Crippen molar-refractivity contribution in [1.82, 2.24) is 9.44 Å². The Morgan fingerprint density at radius 1 is 0.457 bits per heavy atom. The molecule has 0 unspecified atom stereocenters. The number of carbonyl (C=O) groups excluding carboxylic acids is 2. The zero-order valence-corrected chi connectivity index (χ0v) is 70.4. The van der Waals surface area contributed by atoms with E-state index >= 15 is 0 Å². The van der Waals surface area contributed by atoms with Crippen LogP contribution in [-0.4, -0.2) is 298 Å². The summed E-state index contributed by atoms with van der Waals surface area (Å²) in [4.78, 5) is 30.9. The van der Waals surface area contributed by atoms with Gasteiger partial charge < -0.3 is 126 Å². The molecule has 0 bridgehead atoms. The van der Waals surface area contributed by atoms with E-state index in [4.69, 9.17) is 47.4 Å². The summed E-state index contributed by atoms with van der Waals surface area (Å²) in [6.45, 7) is -7.54. The molecule has 0 amide bonds. The molecule has 60 heteroatoms. The van der Waals surface area contributed by atoms with E-state index in [0.29, 0.717) is 0 Å². The Balaban J connectivity index is -0.00000315. The number of carboxylic acids is 2. The molecule has 490 valence electrons. The number of nitrogens with zero attached hydrogens (tertiary/aromatic N) is 2. The Bertz CT molecular complexity index is 2840. The molecular weight excluding hydrogens is 1490 g/mol. The van der Waals surface area contributed by atoms with E-state index in [9.17, 15) is 128 Å². The van der Waals surface area contributed by atoms with Crippen LogP contribution in [0, 0.1) is 0 Å². The number of hydrogen-bond donors (Lipinski definition) is 8. The van der Waals surface area contributed by atoms with E-state index in [1.54, 1.807) is 0 Å². The first-order valence-electron chi connectivity index (χ1n) is 22.2. The van der Waals surface area contributed by atoms with Gasteiger partial charge in [0.2, 0.25) is 20.8 Å². The van der Waals surface area contributed by atoms with Crippen LogP contribution in [0.3, 0.4) is 0 Å². The van der Waals surface area contributed by atoms with Crippen LogP contribution in [0.15, 0.2) is 9.98 Å². The van der Waals surface area contributed by atoms with Crippen molar-refractivity contribution in [3.8, 4) is 0 Å². The van der Waals surface area contributed by atoms with Crippen LogP contribution in [0.2, 0.25) is 0 Å². The van der Waals surface area contributed by atoms with Gasteiger partial charge in [-0.25, -0.2) is 51.5 Å². The first kappa shape index (κ1) is 105. The zero-order valence-electron chi connectivity index (χ0n) is 49.5. The van der Waals surface area contributed by atoms with E-state index < -0.39 is 248 Å². The van der Waals surface area contributed by atoms with Crippen LogP contribution in [0.5, 0.6) is 0 Å². The van der Waals surface area contributed by atoms with Gasteiger partial charge in [0.25, 0.3) is 0 Å². The molecule has 46 nitrogen and oxygen atoms in total. The van der Waals surface area contributed by atoms with Crippen LogP contribution in [0.25, 0.3) is 0 Å². The van der Waals surface area contributed by atoms with Gasteiger partial charge in [0.05, 0.1) is 51.5 Å². The number of aliphatic hydroxyl groups excluding tert-OH is 4. The Labute approximate surface area is 699 Å². The number of ether oxygens (including phenoxy) is 10. The average molecular weight is 1540 g/mol. The number of hydrogen-bond acceptors (Lipinski definition) is 42. The second-order valence-electron chi connectivity index (χ2n) is 16.9. The van der Waals surface area contributed by atoms with Crippen molar-refractivity contribution in [2.45, 2.75) is 123 Å². The van der Waals surface area contributed by atoms with E-state index in [2.05, 4.69) is 26.7 Å². The summed E-state index contributed by atoms with van der Waals surface area (Å²) >= 11 is 0. The second kappa shape index (κ2) is 45.8. The Morgan fingerprint density at radius 2 is 0.750 bits per heavy atom. The summed E-state index contributed by atoms with van der Waals surface area (Å²) in [5, 5.41) is 94.1. The van der Waals surface area contributed by atoms with Gasteiger partial charge >= 0.3 is 257 Å². The molecule has 4 heterocycles. The van der Waals surface area contributed by atoms with Crippen molar-refractivity contribution < 1.29 is 429 Å². The second-order valence-corrected chi connectivity index (χ2v) is 23.4. The fraction of sp³-hybridized carbons (Fsp3) is 0.875. The number of aliphatic carboxylic acids is 2. The van der Waals surface area contributed by atoms with Crippen LogP contribution < -0.4 is 266 Å². The number of rotatable bonds is 31. The summed E-state index contributed by atoms with van der Waals surface area (Å²) in [5.74, 6) is -7.42. The van der Waals surface area contributed by atoms with E-state index in [-0.39, 0.29) is 236 Å². The van der Waals surface area contributed by atoms with Gasteiger partial charge in [-0.05, 0) is 11.8 Å². The largest absolute Gasteiger partial charge is 1.00 e. The first-order chi connectivity index (χ1) is 38.4. The molecule has 0 aromatic rings. The Morgan fingerprint density at radius 3 is 0.989 bits per heavy atom. The van der Waals surface area contributed by atoms with Crippen molar-refractivity contribution in [2.75, 3.05) is 53.7 Å². The molecule has 4 rings (SSSR count). The topological polar surface area (TPSA) is 723 Å². The van der Waals surface area contributed by atoms with Crippen LogP contribution in [0.1, 0.15) is 0 Å². The quantitative estimate of drug-likeness (QED) is 0.00798. The Hall–Kier alpha value is 4.54. The van der Waals surface area contributed by atoms with Crippen LogP contribution >= 0.6 is 0 Å². The molecule has 0 aromatic heterocycles. The summed E-state index contributed by atoms with van der Waals surface area (Å²) in [6.07, 6.45) is -45.0. The summed E-state index contributed by atoms with van der Waals surface area (Å²) < 4.78 is 275. The summed E-state index contributed by atoms with van der Waals surface area (Å²) in [7, 11) is -32.7. The monoisotopic (exact) mass is 1530 g/mol. The number of carboxylic acid groups (broad SMARTS) is 2. The predicted molar refractivity (Wildman–Crippen MR) is 234 cm³/mol. The molecule has 0 aliphatic carbocycles. The zero-order chi connectivity index (χ0) is 63.8. The smallest absolute Gasteiger partial charge is 0.860 e. The van der Waals surface area contributed by atoms with Crippen LogP contribution in [-0.2, 0) is 136 Å². The maximum absolute atomic E-state index is 12.8. The number of carbonyl (C=O) groups is 2. The third kappa shape index (κ3) is 35.1. The molecule has 4 aliphatic rings. The van der Waals surface area contributed by atoms with Gasteiger partial charge in [-0.3, -0.25) is 17.5 Å². The van der Waals surface area contributed by atoms with Gasteiger partial charge in [0.1, 0.15) is 85.3 Å². The molecule has 92 heavy (non-hydrogen) atoms. The van der Waals surface area contributed by atoms with E-state index in [1.807, 2.05) is 0 Å². The van der Waals surface area contributed by atoms with Crippen molar-refractivity contribution in [2.24, 2.45) is 9.98 Å². The van der Waals surface area contributed by atoms with Crippen molar-refractivity contribution in [3.05, 3.63) is 0 Å².